The van der Waals surface area contributed by atoms with Crippen LogP contribution in [0.25, 0.3) is 32.8 Å². The number of nitrogens with two attached hydrogens (primary N) is 1. The number of halogens is 2. The summed E-state index contributed by atoms with van der Waals surface area (Å²) in [5.41, 5.74) is 6.39. The molecule has 2 N–H and O–H groups in total. The molecule has 0 spiro atoms. The molecule has 10 heteroatoms. The van der Waals surface area contributed by atoms with Gasteiger partial charge in [0.1, 0.15) is 11.6 Å². The van der Waals surface area contributed by atoms with Gasteiger partial charge in [-0.25, -0.2) is 14.2 Å². The maximum absolute atomic E-state index is 15.4. The number of fused-ring (bicyclic) bond motifs is 1. The highest BCUT2D eigenvalue weighted by atomic mass is 19.1. The van der Waals surface area contributed by atoms with E-state index >= 15 is 4.39 Å². The van der Waals surface area contributed by atoms with E-state index < -0.39 is 17.2 Å². The monoisotopic (exact) mass is 461 g/mol. The number of aryl methyl sites for hydroxylation is 1. The van der Waals surface area contributed by atoms with Gasteiger partial charge in [-0.3, -0.25) is 14.0 Å². The van der Waals surface area contributed by atoms with Gasteiger partial charge in [-0.1, -0.05) is 12.1 Å². The Morgan fingerprint density at radius 3 is 2.62 bits per heavy atom. The Balaban J connectivity index is 1.75. The third-order valence-corrected chi connectivity index (χ3v) is 6.16. The van der Waals surface area contributed by atoms with Crippen LogP contribution in [0.5, 0.6) is 0 Å². The van der Waals surface area contributed by atoms with Crippen molar-refractivity contribution in [2.75, 3.05) is 18.0 Å². The highest BCUT2D eigenvalue weighted by Crippen LogP contribution is 2.29. The van der Waals surface area contributed by atoms with Crippen LogP contribution in [-0.4, -0.2) is 38.5 Å². The van der Waals surface area contributed by atoms with Gasteiger partial charge in [0.25, 0.3) is 5.56 Å². The van der Waals surface area contributed by atoms with Crippen LogP contribution in [0.3, 0.4) is 0 Å². The van der Waals surface area contributed by atoms with Crippen molar-refractivity contribution in [2.24, 2.45) is 12.8 Å². The molecule has 0 atom stereocenters. The quantitative estimate of drug-likeness (QED) is 0.472. The Morgan fingerprint density at radius 2 is 1.91 bits per heavy atom. The fourth-order valence-corrected chi connectivity index (χ4v) is 4.27. The predicted molar refractivity (Wildman–Crippen MR) is 125 cm³/mol. The molecule has 0 radical (unpaired) electrons. The summed E-state index contributed by atoms with van der Waals surface area (Å²) in [7, 11) is 1.79. The summed E-state index contributed by atoms with van der Waals surface area (Å²) < 4.78 is 32.8. The van der Waals surface area contributed by atoms with Crippen molar-refractivity contribution in [2.45, 2.75) is 18.9 Å². The van der Waals surface area contributed by atoms with Gasteiger partial charge in [0.15, 0.2) is 5.82 Å². The molecule has 1 aliphatic heterocycles. The molecule has 0 aliphatic carbocycles. The molecule has 8 nitrogen and oxygen atoms in total. The van der Waals surface area contributed by atoms with Crippen molar-refractivity contribution in [1.29, 1.82) is 0 Å². The summed E-state index contributed by atoms with van der Waals surface area (Å²) >= 11 is 0. The largest absolute Gasteiger partial charge is 0.354 e. The van der Waals surface area contributed by atoms with Crippen LogP contribution in [0.1, 0.15) is 12.8 Å². The highest BCUT2D eigenvalue weighted by Gasteiger charge is 2.26. The van der Waals surface area contributed by atoms with E-state index in [1.807, 2.05) is 0 Å². The van der Waals surface area contributed by atoms with Crippen molar-refractivity contribution in [3.63, 3.8) is 0 Å². The smallest absolute Gasteiger partial charge is 0.296 e. The minimum absolute atomic E-state index is 0.0145. The van der Waals surface area contributed by atoms with E-state index in [2.05, 4.69) is 14.9 Å². The van der Waals surface area contributed by atoms with Gasteiger partial charge in [-0.15, -0.1) is 0 Å². The van der Waals surface area contributed by atoms with Crippen molar-refractivity contribution in [1.82, 2.24) is 19.3 Å². The average Bonchev–Trinajstić information content (AvgIpc) is 3.21. The molecule has 0 bridgehead atoms. The van der Waals surface area contributed by atoms with Gasteiger partial charge in [0.2, 0.25) is 11.5 Å². The van der Waals surface area contributed by atoms with Gasteiger partial charge < -0.3 is 10.6 Å². The van der Waals surface area contributed by atoms with E-state index in [9.17, 15) is 9.18 Å². The third-order valence-electron chi connectivity index (χ3n) is 6.16. The summed E-state index contributed by atoms with van der Waals surface area (Å²) in [5, 5.41) is 4.96. The second-order valence-corrected chi connectivity index (χ2v) is 8.33. The molecule has 34 heavy (non-hydrogen) atoms. The van der Waals surface area contributed by atoms with Crippen molar-refractivity contribution in [3.8, 4) is 17.1 Å². The van der Waals surface area contributed by atoms with Gasteiger partial charge in [-0.05, 0) is 37.1 Å². The molecule has 3 heterocycles. The van der Waals surface area contributed by atoms with Crippen LogP contribution in [-0.2, 0) is 7.05 Å². The normalized spacial score (nSPS) is 14.5. The number of nitrogens with zero attached hydrogens (tertiary/aromatic N) is 6. The van der Waals surface area contributed by atoms with Crippen molar-refractivity contribution >= 4 is 22.4 Å². The van der Waals surface area contributed by atoms with E-state index in [0.29, 0.717) is 31.6 Å². The molecule has 0 saturated carbocycles. The van der Waals surface area contributed by atoms with Crippen LogP contribution in [0.4, 0.5) is 20.3 Å². The summed E-state index contributed by atoms with van der Waals surface area (Å²) in [5.74, 6) is -1.73. The zero-order valence-corrected chi connectivity index (χ0v) is 18.4. The minimum Gasteiger partial charge on any atom is -0.354 e. The highest BCUT2D eigenvalue weighted by molar-refractivity contribution is 5.81. The topological polar surface area (TPSA) is 86.3 Å². The Hall–Kier alpha value is -4.10. The first-order valence-corrected chi connectivity index (χ1v) is 10.8. The number of benzene rings is 2. The number of rotatable bonds is 3. The zero-order valence-electron chi connectivity index (χ0n) is 18.4. The molecule has 1 aliphatic rings. The van der Waals surface area contributed by atoms with Gasteiger partial charge in [-0.2, -0.15) is 9.49 Å². The fraction of sp³-hybridized carbons (Fsp3) is 0.250. The van der Waals surface area contributed by atoms with E-state index in [1.54, 1.807) is 41.0 Å². The first-order chi connectivity index (χ1) is 16.4. The lowest BCUT2D eigenvalue weighted by molar-refractivity contribution is 0.486. The molecule has 5 rings (SSSR count). The van der Waals surface area contributed by atoms with Crippen LogP contribution >= 0.6 is 0 Å². The average molecular weight is 461 g/mol. The molecular formula is C24H21F2N7O. The predicted octanol–water partition coefficient (Wildman–Crippen LogP) is 3.54. The van der Waals surface area contributed by atoms with E-state index in [1.165, 1.54) is 12.1 Å². The maximum atomic E-state index is 15.4. The summed E-state index contributed by atoms with van der Waals surface area (Å²) in [4.78, 5) is 22.7. The number of anilines is 1. The number of piperidine rings is 1. The van der Waals surface area contributed by atoms with E-state index in [0.717, 1.165) is 21.5 Å². The first kappa shape index (κ1) is 21.7. The maximum Gasteiger partial charge on any atom is 0.296 e. The molecule has 0 unspecified atom stereocenters. The van der Waals surface area contributed by atoms with Crippen LogP contribution in [0, 0.1) is 18.2 Å². The molecule has 172 valence electrons. The summed E-state index contributed by atoms with van der Waals surface area (Å²) in [6.07, 6.45) is 2.93. The minimum atomic E-state index is -0.983. The summed E-state index contributed by atoms with van der Waals surface area (Å²) in [6, 6.07) is 9.13. The Kier molecular flexibility index (Phi) is 5.34. The standard InChI is InChI=1S/C24H21F2N7O/c1-28-19-5-3-14(12-18(19)25)22-30-23(32-9-7-16(27)8-10-32)21(26)24(34)33(22)17-4-6-20-15(11-17)13-29-31(20)2/h3-6,11-13,16H,7-10,27H2,2H3. The molecule has 0 amide bonds. The van der Waals surface area contributed by atoms with Crippen molar-refractivity contribution < 1.29 is 8.78 Å². The van der Waals surface area contributed by atoms with E-state index in [-0.39, 0.29) is 28.9 Å². The third kappa shape index (κ3) is 3.60. The van der Waals surface area contributed by atoms with Crippen LogP contribution in [0.2, 0.25) is 0 Å². The molecular weight excluding hydrogens is 440 g/mol. The summed E-state index contributed by atoms with van der Waals surface area (Å²) in [6.45, 7) is 8.02. The van der Waals surface area contributed by atoms with E-state index in [4.69, 9.17) is 12.3 Å². The van der Waals surface area contributed by atoms with Crippen LogP contribution < -0.4 is 16.2 Å². The van der Waals surface area contributed by atoms with Gasteiger partial charge in [0.05, 0.1) is 24.0 Å². The molecule has 1 saturated heterocycles. The molecule has 2 aromatic heterocycles. The SMILES string of the molecule is [C-]#[N+]c1ccc(-c2nc(N3CCC(N)CC3)c(F)c(=O)n2-c2ccc3c(cnn3C)c2)cc1F. The van der Waals surface area contributed by atoms with Crippen molar-refractivity contribution in [3.05, 3.63) is 76.0 Å². The molecule has 1 fully saturated rings. The van der Waals surface area contributed by atoms with Gasteiger partial charge in [0, 0.05) is 37.1 Å². The number of aromatic nitrogens is 4. The second kappa shape index (κ2) is 8.35. The lowest BCUT2D eigenvalue weighted by Gasteiger charge is -2.31. The molecule has 4 aromatic rings. The Labute approximate surface area is 193 Å². The molecule has 2 aromatic carbocycles. The lowest BCUT2D eigenvalue weighted by Crippen LogP contribution is -2.42. The lowest BCUT2D eigenvalue weighted by atomic mass is 10.1. The zero-order chi connectivity index (χ0) is 24.0. The fourth-order valence-electron chi connectivity index (χ4n) is 4.27. The van der Waals surface area contributed by atoms with Crippen LogP contribution in [0.15, 0.2) is 47.4 Å². The number of hydrogen-bond acceptors (Lipinski definition) is 5. The Bertz CT molecular complexity index is 1510. The number of hydrogen-bond donors (Lipinski definition) is 1. The Morgan fingerprint density at radius 1 is 1.15 bits per heavy atom. The first-order valence-electron chi connectivity index (χ1n) is 10.8. The van der Waals surface area contributed by atoms with Gasteiger partial charge >= 0.3 is 0 Å². The second-order valence-electron chi connectivity index (χ2n) is 8.33.